The molecule has 0 saturated heterocycles. The third-order valence-electron chi connectivity index (χ3n) is 4.59. The molecule has 9 nitrogen and oxygen atoms in total. The van der Waals surface area contributed by atoms with Crippen molar-refractivity contribution >= 4 is 23.5 Å². The second-order valence-corrected chi connectivity index (χ2v) is 6.49. The van der Waals surface area contributed by atoms with Crippen LogP contribution >= 0.6 is 0 Å². The minimum Gasteiger partial charge on any atom is -0.474 e. The summed E-state index contributed by atoms with van der Waals surface area (Å²) in [5.41, 5.74) is 0.810. The molecule has 2 atom stereocenters. The Morgan fingerprint density at radius 1 is 1.28 bits per heavy atom. The SMILES string of the molecule is CCC1Oc2ccc([N+](=O)[O-])nc2N(C(CC)C(=O)OCc2ccccc2)C1=O. The Labute approximate surface area is 167 Å². The summed E-state index contributed by atoms with van der Waals surface area (Å²) in [7, 11) is 0. The number of pyridine rings is 1. The maximum atomic E-state index is 13.0. The number of hydrogen-bond donors (Lipinski definition) is 0. The lowest BCUT2D eigenvalue weighted by Crippen LogP contribution is -2.54. The van der Waals surface area contributed by atoms with E-state index < -0.39 is 34.8 Å². The number of amides is 1. The first-order valence-electron chi connectivity index (χ1n) is 9.32. The van der Waals surface area contributed by atoms with E-state index in [0.717, 1.165) is 5.56 Å². The molecule has 1 amide bonds. The molecule has 3 rings (SSSR count). The highest BCUT2D eigenvalue weighted by Crippen LogP contribution is 2.36. The van der Waals surface area contributed by atoms with Gasteiger partial charge in [-0.05, 0) is 34.4 Å². The zero-order valence-corrected chi connectivity index (χ0v) is 16.1. The third-order valence-corrected chi connectivity index (χ3v) is 4.59. The first-order chi connectivity index (χ1) is 14.0. The number of fused-ring (bicyclic) bond motifs is 1. The molecule has 1 aliphatic rings. The van der Waals surface area contributed by atoms with Crippen LogP contribution in [0.1, 0.15) is 32.3 Å². The van der Waals surface area contributed by atoms with E-state index in [1.165, 1.54) is 17.0 Å². The summed E-state index contributed by atoms with van der Waals surface area (Å²) in [4.78, 5) is 41.4. The highest BCUT2D eigenvalue weighted by molar-refractivity contribution is 6.03. The molecular formula is C20H21N3O6. The number of benzene rings is 1. The predicted molar refractivity (Wildman–Crippen MR) is 103 cm³/mol. The minimum atomic E-state index is -0.975. The van der Waals surface area contributed by atoms with Gasteiger partial charge in [-0.15, -0.1) is 0 Å². The Balaban J connectivity index is 1.92. The van der Waals surface area contributed by atoms with Crippen LogP contribution in [0.15, 0.2) is 42.5 Å². The summed E-state index contributed by atoms with van der Waals surface area (Å²) in [5, 5.41) is 11.1. The molecule has 0 fully saturated rings. The van der Waals surface area contributed by atoms with Gasteiger partial charge in [0.2, 0.25) is 0 Å². The largest absolute Gasteiger partial charge is 0.474 e. The van der Waals surface area contributed by atoms with Crippen LogP contribution in [-0.4, -0.2) is 33.9 Å². The number of esters is 1. The van der Waals surface area contributed by atoms with Crippen molar-refractivity contribution in [1.29, 1.82) is 0 Å². The second-order valence-electron chi connectivity index (χ2n) is 6.49. The molecule has 1 aromatic heterocycles. The molecule has 0 N–H and O–H groups in total. The van der Waals surface area contributed by atoms with E-state index in [2.05, 4.69) is 4.98 Å². The lowest BCUT2D eigenvalue weighted by Gasteiger charge is -2.34. The quantitative estimate of drug-likeness (QED) is 0.400. The summed E-state index contributed by atoms with van der Waals surface area (Å²) in [6, 6.07) is 10.8. The average Bonchev–Trinajstić information content (AvgIpc) is 2.74. The normalized spacial score (nSPS) is 16.6. The molecule has 152 valence electrons. The number of hydrogen-bond acceptors (Lipinski definition) is 7. The van der Waals surface area contributed by atoms with Crippen molar-refractivity contribution in [3.05, 3.63) is 58.1 Å². The lowest BCUT2D eigenvalue weighted by molar-refractivity contribution is -0.389. The van der Waals surface area contributed by atoms with Crippen LogP contribution in [0.2, 0.25) is 0 Å². The van der Waals surface area contributed by atoms with Crippen LogP contribution in [-0.2, 0) is 20.9 Å². The second kappa shape index (κ2) is 8.68. The molecule has 0 radical (unpaired) electrons. The highest BCUT2D eigenvalue weighted by atomic mass is 16.6. The van der Waals surface area contributed by atoms with Gasteiger partial charge in [-0.2, -0.15) is 0 Å². The minimum absolute atomic E-state index is 0.0441. The van der Waals surface area contributed by atoms with Gasteiger partial charge in [0.25, 0.3) is 11.7 Å². The molecule has 29 heavy (non-hydrogen) atoms. The molecular weight excluding hydrogens is 378 g/mol. The van der Waals surface area contributed by atoms with Gasteiger partial charge in [0.1, 0.15) is 12.6 Å². The van der Waals surface area contributed by atoms with Gasteiger partial charge in [0, 0.05) is 6.07 Å². The lowest BCUT2D eigenvalue weighted by atomic mass is 10.1. The third kappa shape index (κ3) is 4.18. The fourth-order valence-corrected chi connectivity index (χ4v) is 3.09. The van der Waals surface area contributed by atoms with Crippen molar-refractivity contribution in [2.75, 3.05) is 4.90 Å². The van der Waals surface area contributed by atoms with E-state index in [9.17, 15) is 19.7 Å². The molecule has 0 aliphatic carbocycles. The van der Waals surface area contributed by atoms with Gasteiger partial charge in [0.05, 0.1) is 0 Å². The number of ether oxygens (including phenoxy) is 2. The fraction of sp³-hybridized carbons (Fsp3) is 0.350. The molecule has 2 unspecified atom stereocenters. The van der Waals surface area contributed by atoms with Crippen molar-refractivity contribution in [2.45, 2.75) is 45.4 Å². The van der Waals surface area contributed by atoms with Crippen molar-refractivity contribution in [2.24, 2.45) is 0 Å². The van der Waals surface area contributed by atoms with Crippen molar-refractivity contribution in [3.8, 4) is 5.75 Å². The van der Waals surface area contributed by atoms with Crippen LogP contribution in [0.4, 0.5) is 11.6 Å². The summed E-state index contributed by atoms with van der Waals surface area (Å²) in [6.07, 6.45) is -0.178. The number of nitrogens with zero attached hydrogens (tertiary/aromatic N) is 3. The van der Waals surface area contributed by atoms with Crippen LogP contribution in [0.3, 0.4) is 0 Å². The summed E-state index contributed by atoms with van der Waals surface area (Å²) >= 11 is 0. The molecule has 0 saturated carbocycles. The summed E-state index contributed by atoms with van der Waals surface area (Å²) in [5.74, 6) is -1.35. The van der Waals surface area contributed by atoms with Crippen molar-refractivity contribution in [3.63, 3.8) is 0 Å². The fourth-order valence-electron chi connectivity index (χ4n) is 3.09. The van der Waals surface area contributed by atoms with E-state index in [1.807, 2.05) is 30.3 Å². The maximum absolute atomic E-state index is 13.0. The van der Waals surface area contributed by atoms with Gasteiger partial charge >= 0.3 is 11.8 Å². The Kier molecular flexibility index (Phi) is 6.06. The zero-order chi connectivity index (χ0) is 21.0. The summed E-state index contributed by atoms with van der Waals surface area (Å²) in [6.45, 7) is 3.57. The van der Waals surface area contributed by atoms with Crippen LogP contribution in [0, 0.1) is 10.1 Å². The Hall–Kier alpha value is -3.49. The average molecular weight is 399 g/mol. The molecule has 1 aromatic carbocycles. The molecule has 0 bridgehead atoms. The number of anilines is 1. The monoisotopic (exact) mass is 399 g/mol. The van der Waals surface area contributed by atoms with E-state index in [-0.39, 0.29) is 24.6 Å². The number of carbonyl (C=O) groups excluding carboxylic acids is 2. The topological polar surface area (TPSA) is 112 Å². The number of aromatic nitrogens is 1. The Morgan fingerprint density at radius 3 is 2.62 bits per heavy atom. The molecule has 0 spiro atoms. The van der Waals surface area contributed by atoms with Gasteiger partial charge in [-0.3, -0.25) is 9.69 Å². The van der Waals surface area contributed by atoms with Crippen LogP contribution in [0.25, 0.3) is 0 Å². The first kappa shape index (κ1) is 20.2. The molecule has 9 heteroatoms. The van der Waals surface area contributed by atoms with E-state index in [4.69, 9.17) is 9.47 Å². The summed E-state index contributed by atoms with van der Waals surface area (Å²) < 4.78 is 11.0. The van der Waals surface area contributed by atoms with Gasteiger partial charge in [-0.1, -0.05) is 44.2 Å². The van der Waals surface area contributed by atoms with Gasteiger partial charge < -0.3 is 19.6 Å². The van der Waals surface area contributed by atoms with Gasteiger partial charge in [-0.25, -0.2) is 4.79 Å². The van der Waals surface area contributed by atoms with Gasteiger partial charge in [0.15, 0.2) is 11.9 Å². The number of nitro groups is 1. The van der Waals surface area contributed by atoms with Crippen LogP contribution < -0.4 is 9.64 Å². The number of rotatable bonds is 7. The maximum Gasteiger partial charge on any atom is 0.366 e. The smallest absolute Gasteiger partial charge is 0.366 e. The standard InChI is InChI=1S/C20H21N3O6/c1-3-14(20(25)28-12-13-8-6-5-7-9-13)22-18-16(29-15(4-2)19(22)24)10-11-17(21-18)23(26)27/h5-11,14-15H,3-4,12H2,1-2H3. The van der Waals surface area contributed by atoms with E-state index in [0.29, 0.717) is 6.42 Å². The van der Waals surface area contributed by atoms with Crippen molar-refractivity contribution < 1.29 is 24.0 Å². The zero-order valence-electron chi connectivity index (χ0n) is 16.1. The molecule has 1 aliphatic heterocycles. The number of carbonyl (C=O) groups is 2. The Bertz CT molecular complexity index is 918. The van der Waals surface area contributed by atoms with E-state index in [1.54, 1.807) is 13.8 Å². The Morgan fingerprint density at radius 2 is 2.00 bits per heavy atom. The van der Waals surface area contributed by atoms with Crippen molar-refractivity contribution in [1.82, 2.24) is 4.98 Å². The first-order valence-corrected chi connectivity index (χ1v) is 9.32. The molecule has 2 heterocycles. The van der Waals surface area contributed by atoms with Crippen LogP contribution in [0.5, 0.6) is 5.75 Å². The molecule has 2 aromatic rings. The van der Waals surface area contributed by atoms with E-state index >= 15 is 0 Å². The highest BCUT2D eigenvalue weighted by Gasteiger charge is 2.44. The predicted octanol–water partition coefficient (Wildman–Crippen LogP) is 3.02.